The maximum Gasteiger partial charge on any atom is 0.227 e. The van der Waals surface area contributed by atoms with Crippen LogP contribution in [0.25, 0.3) is 0 Å². The molecule has 0 unspecified atom stereocenters. The van der Waals surface area contributed by atoms with Crippen LogP contribution < -0.4 is 10.2 Å². The Morgan fingerprint density at radius 2 is 2.04 bits per heavy atom. The van der Waals surface area contributed by atoms with Crippen LogP contribution >= 0.6 is 0 Å². The zero-order valence-corrected chi connectivity index (χ0v) is 13.9. The fraction of sp³-hybridized carbons (Fsp3) is 0.579. The number of anilines is 2. The summed E-state index contributed by atoms with van der Waals surface area (Å²) in [5.74, 6) is 1.04. The van der Waals surface area contributed by atoms with Gasteiger partial charge in [0.1, 0.15) is 0 Å². The van der Waals surface area contributed by atoms with Gasteiger partial charge in [0, 0.05) is 30.8 Å². The number of hydrogen-bond acceptors (Lipinski definition) is 2. The molecule has 124 valence electrons. The van der Waals surface area contributed by atoms with Gasteiger partial charge in [-0.05, 0) is 49.4 Å². The van der Waals surface area contributed by atoms with Gasteiger partial charge in [-0.2, -0.15) is 0 Å². The van der Waals surface area contributed by atoms with E-state index in [1.807, 2.05) is 30.0 Å². The van der Waals surface area contributed by atoms with Crippen molar-refractivity contribution in [2.24, 2.45) is 5.92 Å². The lowest BCUT2D eigenvalue weighted by Crippen LogP contribution is -2.34. The molecule has 1 N–H and O–H groups in total. The summed E-state index contributed by atoms with van der Waals surface area (Å²) < 4.78 is 0. The molecule has 4 heteroatoms. The topological polar surface area (TPSA) is 49.4 Å². The largest absolute Gasteiger partial charge is 0.326 e. The lowest BCUT2D eigenvalue weighted by atomic mass is 10.00. The van der Waals surface area contributed by atoms with Crippen LogP contribution in [-0.4, -0.2) is 18.4 Å². The van der Waals surface area contributed by atoms with Crippen molar-refractivity contribution < 1.29 is 9.59 Å². The van der Waals surface area contributed by atoms with E-state index in [9.17, 15) is 9.59 Å². The van der Waals surface area contributed by atoms with Gasteiger partial charge in [0.05, 0.1) is 0 Å². The number of nitrogens with one attached hydrogen (secondary N) is 1. The second-order valence-corrected chi connectivity index (χ2v) is 6.72. The monoisotopic (exact) mass is 314 g/mol. The van der Waals surface area contributed by atoms with Gasteiger partial charge in [0.25, 0.3) is 0 Å². The average molecular weight is 314 g/mol. The van der Waals surface area contributed by atoms with Crippen LogP contribution in [-0.2, 0) is 16.0 Å². The van der Waals surface area contributed by atoms with Crippen LogP contribution in [0.1, 0.15) is 57.4 Å². The molecule has 1 aromatic rings. The summed E-state index contributed by atoms with van der Waals surface area (Å²) in [5, 5.41) is 3.02. The number of carbonyl (C=O) groups is 2. The number of carbonyl (C=O) groups excluding carboxylic acids is 2. The van der Waals surface area contributed by atoms with Crippen LogP contribution in [0.15, 0.2) is 18.2 Å². The van der Waals surface area contributed by atoms with Crippen LogP contribution in [0.2, 0.25) is 0 Å². The summed E-state index contributed by atoms with van der Waals surface area (Å²) in [4.78, 5) is 25.9. The minimum Gasteiger partial charge on any atom is -0.326 e. The van der Waals surface area contributed by atoms with E-state index in [2.05, 4.69) is 5.32 Å². The van der Waals surface area contributed by atoms with Crippen LogP contribution in [0.4, 0.5) is 11.4 Å². The number of amides is 2. The van der Waals surface area contributed by atoms with E-state index in [1.165, 1.54) is 25.7 Å². The predicted octanol–water partition coefficient (Wildman–Crippen LogP) is 3.89. The van der Waals surface area contributed by atoms with Gasteiger partial charge in [0.2, 0.25) is 11.8 Å². The molecular formula is C19H26N2O2. The normalized spacial score (nSPS) is 18.1. The summed E-state index contributed by atoms with van der Waals surface area (Å²) in [6, 6.07) is 5.90. The SMILES string of the molecule is CCN1C(=O)CCc2cc(NC(=O)CCC3CCCC3)ccc21. The van der Waals surface area contributed by atoms with Gasteiger partial charge in [-0.15, -0.1) is 0 Å². The van der Waals surface area contributed by atoms with Crippen molar-refractivity contribution in [2.45, 2.75) is 58.3 Å². The molecule has 0 atom stereocenters. The van der Waals surface area contributed by atoms with Crippen LogP contribution in [0.3, 0.4) is 0 Å². The Morgan fingerprint density at radius 1 is 1.26 bits per heavy atom. The first kappa shape index (κ1) is 16.0. The molecule has 0 aromatic heterocycles. The minimum absolute atomic E-state index is 0.107. The second-order valence-electron chi connectivity index (χ2n) is 6.72. The third kappa shape index (κ3) is 3.74. The van der Waals surface area contributed by atoms with Gasteiger partial charge in [-0.25, -0.2) is 0 Å². The molecule has 1 aliphatic heterocycles. The van der Waals surface area contributed by atoms with Crippen molar-refractivity contribution in [3.05, 3.63) is 23.8 Å². The van der Waals surface area contributed by atoms with Crippen molar-refractivity contribution >= 4 is 23.2 Å². The Hall–Kier alpha value is -1.84. The zero-order chi connectivity index (χ0) is 16.2. The Morgan fingerprint density at radius 3 is 2.78 bits per heavy atom. The van der Waals surface area contributed by atoms with E-state index >= 15 is 0 Å². The van der Waals surface area contributed by atoms with Crippen molar-refractivity contribution in [3.63, 3.8) is 0 Å². The van der Waals surface area contributed by atoms with E-state index in [4.69, 9.17) is 0 Å². The Labute approximate surface area is 138 Å². The van der Waals surface area contributed by atoms with E-state index in [0.29, 0.717) is 19.4 Å². The molecular weight excluding hydrogens is 288 g/mol. The number of aryl methyl sites for hydroxylation is 1. The molecule has 0 radical (unpaired) electrons. The lowest BCUT2D eigenvalue weighted by Gasteiger charge is -2.28. The first-order chi connectivity index (χ1) is 11.2. The molecule has 23 heavy (non-hydrogen) atoms. The predicted molar refractivity (Wildman–Crippen MR) is 92.6 cm³/mol. The molecule has 1 aliphatic carbocycles. The van der Waals surface area contributed by atoms with E-state index in [1.54, 1.807) is 0 Å². The third-order valence-corrected chi connectivity index (χ3v) is 5.13. The molecule has 0 saturated heterocycles. The maximum atomic E-state index is 12.1. The van der Waals surface area contributed by atoms with Crippen molar-refractivity contribution in [1.29, 1.82) is 0 Å². The molecule has 4 nitrogen and oxygen atoms in total. The van der Waals surface area contributed by atoms with Gasteiger partial charge in [0.15, 0.2) is 0 Å². The molecule has 1 fully saturated rings. The van der Waals surface area contributed by atoms with Gasteiger partial charge in [-0.3, -0.25) is 9.59 Å². The quantitative estimate of drug-likeness (QED) is 0.896. The highest BCUT2D eigenvalue weighted by Gasteiger charge is 2.23. The standard InChI is InChI=1S/C19H26N2O2/c1-2-21-17-10-9-16(13-15(17)8-12-19(21)23)20-18(22)11-7-14-5-3-4-6-14/h9-10,13-14H,2-8,11-12H2,1H3,(H,20,22). The van der Waals surface area contributed by atoms with Crippen molar-refractivity contribution in [3.8, 4) is 0 Å². The number of rotatable bonds is 5. The minimum atomic E-state index is 0.107. The van der Waals surface area contributed by atoms with Crippen molar-refractivity contribution in [2.75, 3.05) is 16.8 Å². The average Bonchev–Trinajstić information content (AvgIpc) is 3.06. The molecule has 2 amide bonds. The summed E-state index contributed by atoms with van der Waals surface area (Å²) in [6.07, 6.45) is 8.15. The fourth-order valence-corrected chi connectivity index (χ4v) is 3.84. The number of hydrogen-bond donors (Lipinski definition) is 1. The first-order valence-electron chi connectivity index (χ1n) is 8.90. The molecule has 2 aliphatic rings. The Balaban J connectivity index is 1.60. The van der Waals surface area contributed by atoms with Gasteiger partial charge in [-0.1, -0.05) is 25.7 Å². The number of fused-ring (bicyclic) bond motifs is 1. The highest BCUT2D eigenvalue weighted by molar-refractivity contribution is 5.97. The maximum absolute atomic E-state index is 12.1. The highest BCUT2D eigenvalue weighted by atomic mass is 16.2. The smallest absolute Gasteiger partial charge is 0.227 e. The van der Waals surface area contributed by atoms with E-state index in [-0.39, 0.29) is 11.8 Å². The number of nitrogens with zero attached hydrogens (tertiary/aromatic N) is 1. The van der Waals surface area contributed by atoms with Crippen molar-refractivity contribution in [1.82, 2.24) is 0 Å². The van der Waals surface area contributed by atoms with E-state index < -0.39 is 0 Å². The number of benzene rings is 1. The summed E-state index contributed by atoms with van der Waals surface area (Å²) >= 11 is 0. The summed E-state index contributed by atoms with van der Waals surface area (Å²) in [5.41, 5.74) is 3.00. The molecule has 3 rings (SSSR count). The molecule has 0 bridgehead atoms. The Bertz CT molecular complexity index is 591. The van der Waals surface area contributed by atoms with Crippen LogP contribution in [0, 0.1) is 5.92 Å². The summed E-state index contributed by atoms with van der Waals surface area (Å²) in [7, 11) is 0. The van der Waals surface area contributed by atoms with Gasteiger partial charge >= 0.3 is 0 Å². The zero-order valence-electron chi connectivity index (χ0n) is 13.9. The summed E-state index contributed by atoms with van der Waals surface area (Å²) in [6.45, 7) is 2.69. The molecule has 1 heterocycles. The lowest BCUT2D eigenvalue weighted by molar-refractivity contribution is -0.119. The fourth-order valence-electron chi connectivity index (χ4n) is 3.84. The van der Waals surface area contributed by atoms with Gasteiger partial charge < -0.3 is 10.2 Å². The third-order valence-electron chi connectivity index (χ3n) is 5.13. The first-order valence-corrected chi connectivity index (χ1v) is 8.90. The molecule has 1 saturated carbocycles. The van der Waals surface area contributed by atoms with E-state index in [0.717, 1.165) is 35.7 Å². The highest BCUT2D eigenvalue weighted by Crippen LogP contribution is 2.31. The second kappa shape index (κ2) is 7.16. The van der Waals surface area contributed by atoms with Crippen LogP contribution in [0.5, 0.6) is 0 Å². The molecule has 0 spiro atoms. The molecule has 1 aromatic carbocycles. The Kier molecular flexibility index (Phi) is 4.99.